The minimum atomic E-state index is -0.290. The number of rotatable bonds is 7. The van der Waals surface area contributed by atoms with Gasteiger partial charge in [0.25, 0.3) is 0 Å². The molecule has 34 heavy (non-hydrogen) atoms. The standard InChI is InChI=1S/C28H36N2O4/c1-4-19-9-11-20(12-10-19)22-15-23(18-30(17-22)28(32)21-7-5-6-8-21)27(31)29-25-14-13-24(33-2)16-26(25)34-3/h9-14,16,21-23H,4-8,15,17-18H2,1-3H3,(H,29,31). The van der Waals surface area contributed by atoms with Crippen LogP contribution in [-0.2, 0) is 16.0 Å². The molecule has 182 valence electrons. The van der Waals surface area contributed by atoms with Gasteiger partial charge in [0.2, 0.25) is 11.8 Å². The molecule has 1 saturated carbocycles. The van der Waals surface area contributed by atoms with Gasteiger partial charge in [-0.05, 0) is 48.9 Å². The molecule has 2 unspecified atom stereocenters. The molecule has 2 atom stereocenters. The van der Waals surface area contributed by atoms with Gasteiger partial charge in [0, 0.05) is 31.0 Å². The normalized spacial score (nSPS) is 20.7. The summed E-state index contributed by atoms with van der Waals surface area (Å²) in [6, 6.07) is 14.0. The van der Waals surface area contributed by atoms with Crippen LogP contribution in [-0.4, -0.2) is 44.0 Å². The Hall–Kier alpha value is -3.02. The quantitative estimate of drug-likeness (QED) is 0.624. The van der Waals surface area contributed by atoms with Crippen molar-refractivity contribution in [3.05, 3.63) is 53.6 Å². The lowest BCUT2D eigenvalue weighted by atomic mass is 9.83. The number of carbonyl (C=O) groups excluding carboxylic acids is 2. The summed E-state index contributed by atoms with van der Waals surface area (Å²) in [6.07, 6.45) is 5.87. The molecular formula is C28H36N2O4. The topological polar surface area (TPSA) is 67.9 Å². The molecule has 0 radical (unpaired) electrons. The summed E-state index contributed by atoms with van der Waals surface area (Å²) in [6.45, 7) is 3.28. The zero-order chi connectivity index (χ0) is 24.1. The van der Waals surface area contributed by atoms with Gasteiger partial charge in [-0.2, -0.15) is 0 Å². The molecule has 4 rings (SSSR count). The minimum Gasteiger partial charge on any atom is -0.497 e. The second-order valence-electron chi connectivity index (χ2n) is 9.50. The fourth-order valence-electron chi connectivity index (χ4n) is 5.30. The second kappa shape index (κ2) is 10.9. The molecule has 1 saturated heterocycles. The van der Waals surface area contributed by atoms with Gasteiger partial charge in [-0.1, -0.05) is 44.0 Å². The van der Waals surface area contributed by atoms with Crippen molar-refractivity contribution in [2.75, 3.05) is 32.6 Å². The van der Waals surface area contributed by atoms with E-state index in [9.17, 15) is 9.59 Å². The zero-order valence-corrected chi connectivity index (χ0v) is 20.5. The van der Waals surface area contributed by atoms with Gasteiger partial charge in [0.15, 0.2) is 0 Å². The number of carbonyl (C=O) groups is 2. The highest BCUT2D eigenvalue weighted by Crippen LogP contribution is 2.35. The molecule has 6 heteroatoms. The lowest BCUT2D eigenvalue weighted by molar-refractivity contribution is -0.138. The van der Waals surface area contributed by atoms with Gasteiger partial charge in [-0.3, -0.25) is 9.59 Å². The van der Waals surface area contributed by atoms with Crippen molar-refractivity contribution < 1.29 is 19.1 Å². The zero-order valence-electron chi connectivity index (χ0n) is 20.5. The molecule has 2 aromatic carbocycles. The number of hydrogen-bond donors (Lipinski definition) is 1. The number of methoxy groups -OCH3 is 2. The summed E-state index contributed by atoms with van der Waals surface area (Å²) < 4.78 is 10.7. The second-order valence-corrected chi connectivity index (χ2v) is 9.50. The number of nitrogens with one attached hydrogen (secondary N) is 1. The van der Waals surface area contributed by atoms with E-state index in [1.165, 1.54) is 11.1 Å². The first-order valence-electron chi connectivity index (χ1n) is 12.4. The van der Waals surface area contributed by atoms with Crippen LogP contribution in [0.25, 0.3) is 0 Å². The van der Waals surface area contributed by atoms with E-state index < -0.39 is 0 Å². The van der Waals surface area contributed by atoms with Crippen LogP contribution in [0, 0.1) is 11.8 Å². The maximum Gasteiger partial charge on any atom is 0.229 e. The monoisotopic (exact) mass is 464 g/mol. The van der Waals surface area contributed by atoms with Crippen LogP contribution in [0.3, 0.4) is 0 Å². The van der Waals surface area contributed by atoms with E-state index in [0.29, 0.717) is 36.7 Å². The summed E-state index contributed by atoms with van der Waals surface area (Å²) in [5, 5.41) is 3.04. The number of piperidine rings is 1. The van der Waals surface area contributed by atoms with Crippen molar-refractivity contribution in [1.29, 1.82) is 0 Å². The van der Waals surface area contributed by atoms with E-state index in [1.807, 2.05) is 4.90 Å². The Morgan fingerprint density at radius 1 is 0.971 bits per heavy atom. The first-order chi connectivity index (χ1) is 16.5. The predicted octanol–water partition coefficient (Wildman–Crippen LogP) is 5.03. The summed E-state index contributed by atoms with van der Waals surface area (Å²) in [5.41, 5.74) is 3.09. The molecule has 0 bridgehead atoms. The van der Waals surface area contributed by atoms with E-state index in [4.69, 9.17) is 9.47 Å². The van der Waals surface area contributed by atoms with Gasteiger partial charge in [0.05, 0.1) is 25.8 Å². The maximum atomic E-state index is 13.4. The van der Waals surface area contributed by atoms with Crippen molar-refractivity contribution in [1.82, 2.24) is 4.90 Å². The smallest absolute Gasteiger partial charge is 0.229 e. The van der Waals surface area contributed by atoms with Crippen molar-refractivity contribution >= 4 is 17.5 Å². The molecule has 1 aliphatic heterocycles. The van der Waals surface area contributed by atoms with Crippen molar-refractivity contribution in [2.45, 2.75) is 51.4 Å². The lowest BCUT2D eigenvalue weighted by Crippen LogP contribution is -2.48. The van der Waals surface area contributed by atoms with Crippen molar-refractivity contribution in [3.8, 4) is 11.5 Å². The number of nitrogens with zero attached hydrogens (tertiary/aromatic N) is 1. The largest absolute Gasteiger partial charge is 0.497 e. The third-order valence-electron chi connectivity index (χ3n) is 7.36. The van der Waals surface area contributed by atoms with E-state index in [2.05, 4.69) is 36.5 Å². The minimum absolute atomic E-state index is 0.0810. The number of benzene rings is 2. The molecule has 2 amide bonds. The Kier molecular flexibility index (Phi) is 7.76. The Morgan fingerprint density at radius 2 is 1.71 bits per heavy atom. The Bertz CT molecular complexity index is 998. The van der Waals surface area contributed by atoms with Crippen molar-refractivity contribution in [3.63, 3.8) is 0 Å². The number of amides is 2. The third kappa shape index (κ3) is 5.37. The number of aryl methyl sites for hydroxylation is 1. The molecule has 1 N–H and O–H groups in total. The Labute approximate surface area is 202 Å². The molecule has 2 aromatic rings. The van der Waals surface area contributed by atoms with E-state index in [0.717, 1.165) is 32.1 Å². The highest BCUT2D eigenvalue weighted by Gasteiger charge is 2.37. The van der Waals surface area contributed by atoms with Crippen LogP contribution in [0.5, 0.6) is 11.5 Å². The highest BCUT2D eigenvalue weighted by molar-refractivity contribution is 5.95. The van der Waals surface area contributed by atoms with Gasteiger partial charge in [0.1, 0.15) is 11.5 Å². The first-order valence-corrected chi connectivity index (χ1v) is 12.4. The average molecular weight is 465 g/mol. The van der Waals surface area contributed by atoms with Crippen molar-refractivity contribution in [2.24, 2.45) is 11.8 Å². The lowest BCUT2D eigenvalue weighted by Gasteiger charge is -2.38. The molecule has 1 heterocycles. The Morgan fingerprint density at radius 3 is 2.35 bits per heavy atom. The molecular weight excluding hydrogens is 428 g/mol. The highest BCUT2D eigenvalue weighted by atomic mass is 16.5. The van der Waals surface area contributed by atoms with Crippen LogP contribution in [0.15, 0.2) is 42.5 Å². The number of ether oxygens (including phenoxy) is 2. The van der Waals surface area contributed by atoms with Crippen LogP contribution < -0.4 is 14.8 Å². The van der Waals surface area contributed by atoms with Crippen LogP contribution in [0.2, 0.25) is 0 Å². The molecule has 0 spiro atoms. The van der Waals surface area contributed by atoms with E-state index >= 15 is 0 Å². The maximum absolute atomic E-state index is 13.4. The van der Waals surface area contributed by atoms with Crippen LogP contribution in [0.1, 0.15) is 56.1 Å². The van der Waals surface area contributed by atoms with Gasteiger partial charge in [-0.25, -0.2) is 0 Å². The molecule has 6 nitrogen and oxygen atoms in total. The summed E-state index contributed by atoms with van der Waals surface area (Å²) in [5.74, 6) is 1.30. The summed E-state index contributed by atoms with van der Waals surface area (Å²) >= 11 is 0. The number of hydrogen-bond acceptors (Lipinski definition) is 4. The molecule has 2 aliphatic rings. The van der Waals surface area contributed by atoms with Gasteiger partial charge in [-0.15, -0.1) is 0 Å². The predicted molar refractivity (Wildman–Crippen MR) is 133 cm³/mol. The summed E-state index contributed by atoms with van der Waals surface area (Å²) in [4.78, 5) is 28.7. The van der Waals surface area contributed by atoms with Crippen LogP contribution >= 0.6 is 0 Å². The Balaban J connectivity index is 1.55. The number of anilines is 1. The SMILES string of the molecule is CCc1ccc(C2CC(C(=O)Nc3ccc(OC)cc3OC)CN(C(=O)C3CCCC3)C2)cc1. The van der Waals surface area contributed by atoms with Gasteiger partial charge >= 0.3 is 0 Å². The van der Waals surface area contributed by atoms with Gasteiger partial charge < -0.3 is 19.7 Å². The molecule has 2 fully saturated rings. The first kappa shape index (κ1) is 24.1. The average Bonchev–Trinajstić information content (AvgIpc) is 3.43. The fraction of sp³-hybridized carbons (Fsp3) is 0.500. The third-order valence-corrected chi connectivity index (χ3v) is 7.36. The number of likely N-dealkylation sites (tertiary alicyclic amines) is 1. The molecule has 0 aromatic heterocycles. The van der Waals surface area contributed by atoms with E-state index in [-0.39, 0.29) is 29.6 Å². The van der Waals surface area contributed by atoms with E-state index in [1.54, 1.807) is 32.4 Å². The fourth-order valence-corrected chi connectivity index (χ4v) is 5.30. The van der Waals surface area contributed by atoms with Crippen LogP contribution in [0.4, 0.5) is 5.69 Å². The summed E-state index contributed by atoms with van der Waals surface area (Å²) in [7, 11) is 3.17. The molecule has 1 aliphatic carbocycles.